The number of carbonyl (C=O) groups is 1. The second kappa shape index (κ2) is 10.6. The van der Waals surface area contributed by atoms with Crippen molar-refractivity contribution in [2.45, 2.75) is 0 Å². The summed E-state index contributed by atoms with van der Waals surface area (Å²) in [6, 6.07) is 9.63. The van der Waals surface area contributed by atoms with Crippen molar-refractivity contribution in [1.29, 1.82) is 0 Å². The molecule has 0 spiro atoms. The largest absolute Gasteiger partial charge is 2.00 e. The van der Waals surface area contributed by atoms with Crippen LogP contribution in [-0.4, -0.2) is 17.4 Å². The molecule has 2 aliphatic rings. The van der Waals surface area contributed by atoms with Crippen LogP contribution in [0.3, 0.4) is 0 Å². The molecule has 0 bridgehead atoms. The number of fused-ring (bicyclic) bond motifs is 1. The van der Waals surface area contributed by atoms with Crippen LogP contribution in [0.25, 0.3) is 10.9 Å². The molecule has 1 aromatic heterocycles. The maximum atomic E-state index is 12.0. The fourth-order valence-electron chi connectivity index (χ4n) is 2.33. The van der Waals surface area contributed by atoms with E-state index in [0.717, 1.165) is 16.8 Å². The first kappa shape index (κ1) is 19.9. The molecule has 0 unspecified atom stereocenters. The Morgan fingerprint density at radius 2 is 1.56 bits per heavy atom. The third-order valence-electron chi connectivity index (χ3n) is 3.59. The van der Waals surface area contributed by atoms with Crippen molar-refractivity contribution in [2.75, 3.05) is 6.54 Å². The van der Waals surface area contributed by atoms with E-state index >= 15 is 0 Å². The monoisotopic (exact) mass is 370 g/mol. The summed E-state index contributed by atoms with van der Waals surface area (Å²) in [6.45, 7) is 0.540. The van der Waals surface area contributed by atoms with Gasteiger partial charge in [-0.05, 0) is 69.9 Å². The van der Waals surface area contributed by atoms with Crippen LogP contribution in [0.4, 0.5) is 0 Å². The summed E-state index contributed by atoms with van der Waals surface area (Å²) < 4.78 is 0. The van der Waals surface area contributed by atoms with E-state index in [9.17, 15) is 4.79 Å². The molecular weight excluding hydrogens is 352 g/mol. The van der Waals surface area contributed by atoms with Crippen LogP contribution in [0.5, 0.6) is 0 Å². The average Bonchev–Trinajstić information content (AvgIpc) is 3.35. The van der Waals surface area contributed by atoms with E-state index in [2.05, 4.69) is 10.3 Å². The molecular formula is C21H18FeN2O+2. The van der Waals surface area contributed by atoms with Crippen LogP contribution in [-0.2, 0) is 17.1 Å². The zero-order valence-corrected chi connectivity index (χ0v) is 14.7. The van der Waals surface area contributed by atoms with Crippen LogP contribution in [0.1, 0.15) is 10.4 Å². The van der Waals surface area contributed by atoms with Gasteiger partial charge in [0.15, 0.2) is 0 Å². The minimum absolute atomic E-state index is 0. The van der Waals surface area contributed by atoms with Crippen molar-refractivity contribution < 1.29 is 21.9 Å². The van der Waals surface area contributed by atoms with Crippen molar-refractivity contribution >= 4 is 16.8 Å². The van der Waals surface area contributed by atoms with E-state index in [1.165, 1.54) is 0 Å². The second-order valence-electron chi connectivity index (χ2n) is 5.35. The fraction of sp³-hybridized carbons (Fsp3) is 0.0476. The molecule has 1 aromatic carbocycles. The molecule has 2 aromatic rings. The summed E-state index contributed by atoms with van der Waals surface area (Å²) in [5.41, 5.74) is 1.49. The van der Waals surface area contributed by atoms with Gasteiger partial charge in [-0.15, -0.1) is 0 Å². The van der Waals surface area contributed by atoms with Gasteiger partial charge in [0, 0.05) is 24.0 Å². The summed E-state index contributed by atoms with van der Waals surface area (Å²) in [7, 11) is 0. The van der Waals surface area contributed by atoms with E-state index in [4.69, 9.17) is 0 Å². The first-order valence-electron chi connectivity index (χ1n) is 7.83. The van der Waals surface area contributed by atoms with Crippen LogP contribution in [0.2, 0.25) is 0 Å². The second-order valence-corrected chi connectivity index (χ2v) is 5.35. The average molecular weight is 370 g/mol. The summed E-state index contributed by atoms with van der Waals surface area (Å²) in [5.74, 6) is 1.00. The van der Waals surface area contributed by atoms with Gasteiger partial charge in [-0.25, -0.2) is 0 Å². The minimum Gasteiger partial charge on any atom is -0.351 e. The van der Waals surface area contributed by atoms with E-state index in [0.29, 0.717) is 12.1 Å². The predicted molar refractivity (Wildman–Crippen MR) is 96.0 cm³/mol. The number of pyridine rings is 1. The maximum absolute atomic E-state index is 12.0. The molecule has 1 N–H and O–H groups in total. The Morgan fingerprint density at radius 3 is 2.24 bits per heavy atom. The summed E-state index contributed by atoms with van der Waals surface area (Å²) in [5, 5.41) is 3.86. The number of nitrogens with one attached hydrogen (secondary N) is 1. The molecule has 10 radical (unpaired) electrons. The molecule has 0 aliphatic heterocycles. The smallest absolute Gasteiger partial charge is 0.351 e. The third-order valence-corrected chi connectivity index (χ3v) is 3.59. The third kappa shape index (κ3) is 6.13. The van der Waals surface area contributed by atoms with Crippen LogP contribution in [0.15, 0.2) is 36.5 Å². The predicted octanol–water partition coefficient (Wildman–Crippen LogP) is 3.39. The molecule has 0 atom stereocenters. The van der Waals surface area contributed by atoms with Crippen LogP contribution >= 0.6 is 0 Å². The maximum Gasteiger partial charge on any atom is 2.00 e. The Morgan fingerprint density at radius 1 is 0.920 bits per heavy atom. The summed E-state index contributed by atoms with van der Waals surface area (Å²) >= 11 is 0. The molecule has 3 nitrogen and oxygen atoms in total. The normalized spacial score (nSPS) is 16.8. The standard InChI is InChI=1S/C16H13N2O.C5H5.Fe/c19-16(18-10-12-5-1-2-6-12)14-9-13-7-3-4-8-15(13)17-11-14;1-2-4-5-3-1;/h1-9,11H,10H2,(H,18,19);1-5H;/q;;+2. The Kier molecular flexibility index (Phi) is 8.43. The quantitative estimate of drug-likeness (QED) is 0.842. The Labute approximate surface area is 161 Å². The molecule has 25 heavy (non-hydrogen) atoms. The Hall–Kier alpha value is -1.38. The van der Waals surface area contributed by atoms with Gasteiger partial charge in [-0.1, -0.05) is 18.2 Å². The van der Waals surface area contributed by atoms with Gasteiger partial charge in [0.1, 0.15) is 0 Å². The number of benzene rings is 1. The molecule has 4 heteroatoms. The molecule has 2 saturated carbocycles. The summed E-state index contributed by atoms with van der Waals surface area (Å²) in [4.78, 5) is 16.3. The number of amides is 1. The number of nitrogens with zero attached hydrogens (tertiary/aromatic N) is 1. The van der Waals surface area contributed by atoms with Gasteiger partial charge in [0.25, 0.3) is 5.91 Å². The fourth-order valence-corrected chi connectivity index (χ4v) is 2.33. The van der Waals surface area contributed by atoms with Crippen molar-refractivity contribution in [3.05, 3.63) is 106 Å². The molecule has 1 heterocycles. The van der Waals surface area contributed by atoms with Crippen molar-refractivity contribution in [3.8, 4) is 0 Å². The minimum atomic E-state index is -0.0977. The Balaban J connectivity index is 0.000000325. The topological polar surface area (TPSA) is 42.0 Å². The van der Waals surface area contributed by atoms with E-state index < -0.39 is 0 Å². The molecule has 2 aliphatic carbocycles. The number of para-hydroxylation sites is 1. The van der Waals surface area contributed by atoms with Gasteiger partial charge >= 0.3 is 17.1 Å². The number of hydrogen-bond acceptors (Lipinski definition) is 2. The van der Waals surface area contributed by atoms with E-state index in [-0.39, 0.29) is 23.0 Å². The first-order chi connectivity index (χ1) is 11.8. The van der Waals surface area contributed by atoms with Crippen molar-refractivity contribution in [3.63, 3.8) is 0 Å². The molecule has 124 valence electrons. The zero-order chi connectivity index (χ0) is 16.6. The number of aromatic nitrogens is 1. The molecule has 2 fully saturated rings. The van der Waals surface area contributed by atoms with Gasteiger partial charge in [0.05, 0.1) is 11.1 Å². The van der Waals surface area contributed by atoms with Gasteiger partial charge < -0.3 is 5.32 Å². The van der Waals surface area contributed by atoms with E-state index in [1.807, 2.05) is 88.1 Å². The number of hydrogen-bond donors (Lipinski definition) is 1. The SMILES string of the molecule is O=C(NC[C]1[CH][CH][CH][CH]1)c1cnc2ccccc2c1.[CH]1[CH][CH][CH][CH]1.[Fe+2]. The molecule has 1 amide bonds. The first-order valence-corrected chi connectivity index (χ1v) is 7.83. The zero-order valence-electron chi connectivity index (χ0n) is 13.6. The van der Waals surface area contributed by atoms with E-state index in [1.54, 1.807) is 6.20 Å². The van der Waals surface area contributed by atoms with Gasteiger partial charge in [0.2, 0.25) is 0 Å². The van der Waals surface area contributed by atoms with Gasteiger partial charge in [-0.3, -0.25) is 9.78 Å². The Bertz CT molecular complexity index is 656. The van der Waals surface area contributed by atoms with Gasteiger partial charge in [-0.2, -0.15) is 0 Å². The summed E-state index contributed by atoms with van der Waals surface area (Å²) in [6.07, 6.45) is 19.5. The van der Waals surface area contributed by atoms with Crippen LogP contribution < -0.4 is 5.32 Å². The van der Waals surface area contributed by atoms with Crippen LogP contribution in [0, 0.1) is 63.7 Å². The molecule has 0 saturated heterocycles. The number of rotatable bonds is 3. The van der Waals surface area contributed by atoms with Crippen molar-refractivity contribution in [1.82, 2.24) is 10.3 Å². The number of carbonyl (C=O) groups excluding carboxylic acids is 1. The van der Waals surface area contributed by atoms with Crippen molar-refractivity contribution in [2.24, 2.45) is 0 Å². The molecule has 4 rings (SSSR count).